The van der Waals surface area contributed by atoms with Gasteiger partial charge >= 0.3 is 0 Å². The number of aromatic nitrogens is 4. The van der Waals surface area contributed by atoms with Crippen LogP contribution in [0.25, 0.3) is 11.5 Å². The molecule has 0 unspecified atom stereocenters. The maximum atomic E-state index is 12.1. The van der Waals surface area contributed by atoms with Gasteiger partial charge in [0.05, 0.1) is 5.75 Å². The molecule has 0 bridgehead atoms. The molecule has 2 amide bonds. The molecule has 0 radical (unpaired) electrons. The lowest BCUT2D eigenvalue weighted by Crippen LogP contribution is -2.42. The molecule has 0 saturated carbocycles. The van der Waals surface area contributed by atoms with Crippen LogP contribution in [0.2, 0.25) is 0 Å². The van der Waals surface area contributed by atoms with Crippen molar-refractivity contribution in [1.29, 1.82) is 0 Å². The highest BCUT2D eigenvalue weighted by Gasteiger charge is 2.16. The zero-order valence-electron chi connectivity index (χ0n) is 15.3. The normalized spacial score (nSPS) is 10.5. The van der Waals surface area contributed by atoms with Gasteiger partial charge < -0.3 is 4.57 Å². The van der Waals surface area contributed by atoms with Crippen molar-refractivity contribution in [3.8, 4) is 11.5 Å². The summed E-state index contributed by atoms with van der Waals surface area (Å²) in [5.74, 6) is 0.0621. The number of rotatable bonds is 7. The number of amides is 2. The van der Waals surface area contributed by atoms with Gasteiger partial charge in [0.2, 0.25) is 5.91 Å². The van der Waals surface area contributed by atoms with Crippen molar-refractivity contribution in [3.63, 3.8) is 0 Å². The third-order valence-electron chi connectivity index (χ3n) is 3.74. The largest absolute Gasteiger partial charge is 0.301 e. The highest BCUT2D eigenvalue weighted by molar-refractivity contribution is 7.99. The molecule has 0 atom stereocenters. The number of thioether (sulfide) groups is 1. The van der Waals surface area contributed by atoms with Gasteiger partial charge in [-0.1, -0.05) is 43.0 Å². The average Bonchev–Trinajstić information content (AvgIpc) is 3.14. The molecule has 3 rings (SSSR count). The molecule has 28 heavy (non-hydrogen) atoms. The zero-order chi connectivity index (χ0) is 19.8. The van der Waals surface area contributed by atoms with E-state index in [1.165, 1.54) is 11.8 Å². The number of carbonyl (C=O) groups excluding carboxylic acids is 2. The van der Waals surface area contributed by atoms with E-state index in [1.54, 1.807) is 30.5 Å². The number of hydrazine groups is 1. The van der Waals surface area contributed by atoms with E-state index in [-0.39, 0.29) is 17.6 Å². The van der Waals surface area contributed by atoms with Crippen LogP contribution in [0.15, 0.2) is 59.9 Å². The first-order chi connectivity index (χ1) is 13.7. The lowest BCUT2D eigenvalue weighted by molar-refractivity contribution is -0.119. The average molecular weight is 396 g/mol. The van der Waals surface area contributed by atoms with Gasteiger partial charge in [0.15, 0.2) is 11.0 Å². The Kier molecular flexibility index (Phi) is 6.74. The highest BCUT2D eigenvalue weighted by Crippen LogP contribution is 2.22. The Balaban J connectivity index is 1.59. The minimum atomic E-state index is -0.370. The Bertz CT molecular complexity index is 930. The van der Waals surface area contributed by atoms with E-state index >= 15 is 0 Å². The van der Waals surface area contributed by atoms with Gasteiger partial charge in [-0.15, -0.1) is 10.2 Å². The summed E-state index contributed by atoms with van der Waals surface area (Å²) < 4.78 is 1.95. The van der Waals surface area contributed by atoms with Crippen molar-refractivity contribution in [3.05, 3.63) is 60.3 Å². The van der Waals surface area contributed by atoms with Gasteiger partial charge in [-0.3, -0.25) is 25.4 Å². The van der Waals surface area contributed by atoms with Crippen molar-refractivity contribution in [2.24, 2.45) is 0 Å². The van der Waals surface area contributed by atoms with Crippen LogP contribution >= 0.6 is 11.8 Å². The summed E-state index contributed by atoms with van der Waals surface area (Å²) in [6, 6.07) is 14.3. The number of nitrogens with one attached hydrogen (secondary N) is 2. The summed E-state index contributed by atoms with van der Waals surface area (Å²) in [5, 5.41) is 9.05. The number of hydrogen-bond acceptors (Lipinski definition) is 6. The Morgan fingerprint density at radius 1 is 1.04 bits per heavy atom. The first kappa shape index (κ1) is 19.6. The van der Waals surface area contributed by atoms with Gasteiger partial charge in [-0.05, 0) is 30.7 Å². The summed E-state index contributed by atoms with van der Waals surface area (Å²) in [4.78, 5) is 28.4. The van der Waals surface area contributed by atoms with E-state index in [1.807, 2.05) is 28.8 Å². The molecule has 3 aromatic rings. The van der Waals surface area contributed by atoms with Crippen LogP contribution in [-0.4, -0.2) is 37.3 Å². The molecule has 0 saturated heterocycles. The fourth-order valence-corrected chi connectivity index (χ4v) is 3.22. The van der Waals surface area contributed by atoms with Crippen molar-refractivity contribution >= 4 is 23.6 Å². The highest BCUT2D eigenvalue weighted by atomic mass is 32.2. The number of pyridine rings is 1. The van der Waals surface area contributed by atoms with Gasteiger partial charge in [-0.25, -0.2) is 0 Å². The summed E-state index contributed by atoms with van der Waals surface area (Å²) >= 11 is 1.26. The maximum absolute atomic E-state index is 12.1. The van der Waals surface area contributed by atoms with E-state index in [9.17, 15) is 9.59 Å². The fraction of sp³-hybridized carbons (Fsp3) is 0.211. The Hall–Kier alpha value is -3.20. The number of benzene rings is 1. The molecule has 8 nitrogen and oxygen atoms in total. The molecule has 0 fully saturated rings. The SMILES string of the molecule is CCCn1c(SCC(=O)NNC(=O)c2ccccc2)nnc1-c1ccccn1. The molecule has 2 heterocycles. The van der Waals surface area contributed by atoms with Crippen LogP contribution in [0.4, 0.5) is 0 Å². The molecule has 0 aliphatic rings. The van der Waals surface area contributed by atoms with Crippen LogP contribution in [0.3, 0.4) is 0 Å². The topological polar surface area (TPSA) is 102 Å². The molecule has 2 aromatic heterocycles. The van der Waals surface area contributed by atoms with Crippen LogP contribution in [0, 0.1) is 0 Å². The van der Waals surface area contributed by atoms with Crippen molar-refractivity contribution in [2.45, 2.75) is 25.0 Å². The Morgan fingerprint density at radius 3 is 2.54 bits per heavy atom. The lowest BCUT2D eigenvalue weighted by Gasteiger charge is -2.09. The van der Waals surface area contributed by atoms with Crippen LogP contribution in [0.5, 0.6) is 0 Å². The summed E-state index contributed by atoms with van der Waals surface area (Å²) in [6.07, 6.45) is 2.60. The first-order valence-electron chi connectivity index (χ1n) is 8.80. The standard InChI is InChI=1S/C19H20N6O2S/c1-2-12-25-17(15-10-6-7-11-20-15)22-24-19(25)28-13-16(26)21-23-18(27)14-8-4-3-5-9-14/h3-11H,2,12-13H2,1H3,(H,21,26)(H,23,27). The minimum absolute atomic E-state index is 0.0964. The predicted octanol–water partition coefficient (Wildman–Crippen LogP) is 2.30. The van der Waals surface area contributed by atoms with E-state index in [4.69, 9.17) is 0 Å². The Morgan fingerprint density at radius 2 is 1.82 bits per heavy atom. The van der Waals surface area contributed by atoms with Crippen molar-refractivity contribution in [2.75, 3.05) is 5.75 Å². The molecule has 0 aliphatic carbocycles. The molecular formula is C19H20N6O2S. The van der Waals surface area contributed by atoms with Crippen LogP contribution < -0.4 is 10.9 Å². The summed E-state index contributed by atoms with van der Waals surface area (Å²) in [7, 11) is 0. The second kappa shape index (κ2) is 9.65. The monoisotopic (exact) mass is 396 g/mol. The summed E-state index contributed by atoms with van der Waals surface area (Å²) in [6.45, 7) is 2.77. The molecule has 1 aromatic carbocycles. The van der Waals surface area contributed by atoms with Gasteiger partial charge in [0.25, 0.3) is 5.91 Å². The fourth-order valence-electron chi connectivity index (χ4n) is 2.46. The molecular weight excluding hydrogens is 376 g/mol. The third-order valence-corrected chi connectivity index (χ3v) is 4.71. The van der Waals surface area contributed by atoms with Gasteiger partial charge in [0.1, 0.15) is 5.69 Å². The Labute approximate surface area is 166 Å². The molecule has 2 N–H and O–H groups in total. The van der Waals surface area contributed by atoms with Crippen molar-refractivity contribution in [1.82, 2.24) is 30.6 Å². The van der Waals surface area contributed by atoms with Crippen LogP contribution in [0.1, 0.15) is 23.7 Å². The maximum Gasteiger partial charge on any atom is 0.269 e. The van der Waals surface area contributed by atoms with Crippen molar-refractivity contribution < 1.29 is 9.59 Å². The first-order valence-corrected chi connectivity index (χ1v) is 9.79. The van der Waals surface area contributed by atoms with Crippen LogP contribution in [-0.2, 0) is 11.3 Å². The second-order valence-corrected chi connectivity index (χ2v) is 6.77. The lowest BCUT2D eigenvalue weighted by atomic mass is 10.2. The third kappa shape index (κ3) is 4.95. The zero-order valence-corrected chi connectivity index (χ0v) is 16.1. The molecule has 144 valence electrons. The molecule has 9 heteroatoms. The smallest absolute Gasteiger partial charge is 0.269 e. The number of nitrogens with zero attached hydrogens (tertiary/aromatic N) is 4. The minimum Gasteiger partial charge on any atom is -0.301 e. The summed E-state index contributed by atoms with van der Waals surface area (Å²) in [5.41, 5.74) is 6.02. The van der Waals surface area contributed by atoms with E-state index < -0.39 is 0 Å². The van der Waals surface area contributed by atoms with E-state index in [0.29, 0.717) is 23.1 Å². The second-order valence-electron chi connectivity index (χ2n) is 5.83. The number of hydrogen-bond donors (Lipinski definition) is 2. The van der Waals surface area contributed by atoms with E-state index in [0.717, 1.165) is 12.1 Å². The predicted molar refractivity (Wildman–Crippen MR) is 106 cm³/mol. The quantitative estimate of drug-likeness (QED) is 0.469. The number of carbonyl (C=O) groups is 2. The van der Waals surface area contributed by atoms with Gasteiger partial charge in [0, 0.05) is 18.3 Å². The molecule has 0 spiro atoms. The van der Waals surface area contributed by atoms with E-state index in [2.05, 4.69) is 33.0 Å². The van der Waals surface area contributed by atoms with Gasteiger partial charge in [-0.2, -0.15) is 0 Å². The molecule has 0 aliphatic heterocycles.